The maximum Gasteiger partial charge on any atom is 0.226 e. The number of amides is 1. The Morgan fingerprint density at radius 2 is 1.91 bits per heavy atom. The molecule has 162 valence electrons. The van der Waals surface area contributed by atoms with E-state index in [1.807, 2.05) is 41.8 Å². The van der Waals surface area contributed by atoms with Crippen LogP contribution in [0.3, 0.4) is 0 Å². The van der Waals surface area contributed by atoms with E-state index in [4.69, 9.17) is 10.2 Å². The topological polar surface area (TPSA) is 142 Å². The minimum Gasteiger partial charge on any atom is -0.464 e. The smallest absolute Gasteiger partial charge is 0.226 e. The molecule has 1 amide bonds. The molecule has 0 aliphatic carbocycles. The van der Waals surface area contributed by atoms with Crippen LogP contribution in [0.4, 0.5) is 10.9 Å². The number of nitrogens with two attached hydrogens (primary N) is 1. The molecule has 1 aromatic carbocycles. The summed E-state index contributed by atoms with van der Waals surface area (Å²) in [6, 6.07) is 17.1. The van der Waals surface area contributed by atoms with Crippen molar-refractivity contribution in [3.05, 3.63) is 65.2 Å². The summed E-state index contributed by atoms with van der Waals surface area (Å²) in [6.45, 7) is 0. The van der Waals surface area contributed by atoms with E-state index in [0.717, 1.165) is 11.3 Å². The average molecular weight is 473 g/mol. The minimum absolute atomic E-state index is 0.00563. The number of nitrogens with zero attached hydrogens (tertiary/aromatic N) is 4. The molecule has 0 spiro atoms. The van der Waals surface area contributed by atoms with Crippen molar-refractivity contribution < 1.29 is 9.21 Å². The van der Waals surface area contributed by atoms with E-state index in [2.05, 4.69) is 21.4 Å². The van der Waals surface area contributed by atoms with Crippen molar-refractivity contribution in [3.8, 4) is 34.7 Å². The zero-order chi connectivity index (χ0) is 23.2. The Morgan fingerprint density at radius 1 is 1.12 bits per heavy atom. The van der Waals surface area contributed by atoms with E-state index in [9.17, 15) is 15.3 Å². The second-order valence-corrected chi connectivity index (χ2v) is 8.62. The van der Waals surface area contributed by atoms with Gasteiger partial charge in [-0.05, 0) is 12.1 Å². The number of aromatic nitrogens is 2. The summed E-state index contributed by atoms with van der Waals surface area (Å²) in [7, 11) is 0. The first-order valence-corrected chi connectivity index (χ1v) is 11.6. The zero-order valence-electron chi connectivity index (χ0n) is 17.1. The number of benzene rings is 1. The van der Waals surface area contributed by atoms with E-state index in [0.29, 0.717) is 27.2 Å². The van der Waals surface area contributed by atoms with Crippen LogP contribution < -0.4 is 11.1 Å². The van der Waals surface area contributed by atoms with Gasteiger partial charge in [-0.25, -0.2) is 9.97 Å². The standard InChI is InChI=1S/C23H16N6O2S2/c24-11-15-20(18-7-4-9-31-18)16(12-25)22(29-21(15)26)32-10-8-19(30)28-23-27-17(13-33-23)14-5-2-1-3-6-14/h1-7,9,13H,8,10H2,(H2,26,29)(H,27,28,30). The van der Waals surface area contributed by atoms with Gasteiger partial charge in [-0.3, -0.25) is 4.79 Å². The van der Waals surface area contributed by atoms with Crippen molar-refractivity contribution in [3.63, 3.8) is 0 Å². The predicted molar refractivity (Wildman–Crippen MR) is 127 cm³/mol. The van der Waals surface area contributed by atoms with Gasteiger partial charge >= 0.3 is 0 Å². The number of anilines is 2. The van der Waals surface area contributed by atoms with Gasteiger partial charge in [0.2, 0.25) is 5.91 Å². The number of nitriles is 2. The highest BCUT2D eigenvalue weighted by Gasteiger charge is 2.22. The monoisotopic (exact) mass is 472 g/mol. The Morgan fingerprint density at radius 3 is 2.61 bits per heavy atom. The number of hydrogen-bond acceptors (Lipinski definition) is 9. The van der Waals surface area contributed by atoms with Gasteiger partial charge in [-0.2, -0.15) is 10.5 Å². The predicted octanol–water partition coefficient (Wildman–Crippen LogP) is 4.91. The first-order valence-electron chi connectivity index (χ1n) is 9.72. The van der Waals surface area contributed by atoms with Crippen molar-refractivity contribution in [2.45, 2.75) is 11.4 Å². The summed E-state index contributed by atoms with van der Waals surface area (Å²) in [6.07, 6.45) is 1.63. The lowest BCUT2D eigenvalue weighted by molar-refractivity contribution is -0.115. The number of thiazole rings is 1. The molecule has 10 heteroatoms. The summed E-state index contributed by atoms with van der Waals surface area (Å²) in [5.41, 5.74) is 8.32. The summed E-state index contributed by atoms with van der Waals surface area (Å²) >= 11 is 2.57. The second-order valence-electron chi connectivity index (χ2n) is 6.68. The van der Waals surface area contributed by atoms with Gasteiger partial charge in [0.1, 0.15) is 34.3 Å². The lowest BCUT2D eigenvalue weighted by atomic mass is 10.0. The first-order chi connectivity index (χ1) is 16.1. The third-order valence-electron chi connectivity index (χ3n) is 4.57. The molecule has 3 aromatic heterocycles. The molecule has 0 saturated carbocycles. The molecule has 0 fully saturated rings. The van der Waals surface area contributed by atoms with E-state index in [1.54, 1.807) is 12.1 Å². The van der Waals surface area contributed by atoms with Crippen LogP contribution in [0.25, 0.3) is 22.6 Å². The molecule has 3 N–H and O–H groups in total. The van der Waals surface area contributed by atoms with Crippen LogP contribution in [-0.4, -0.2) is 21.6 Å². The van der Waals surface area contributed by atoms with Gasteiger partial charge in [-0.15, -0.1) is 23.1 Å². The summed E-state index contributed by atoms with van der Waals surface area (Å²) in [4.78, 5) is 21.1. The van der Waals surface area contributed by atoms with E-state index < -0.39 is 0 Å². The third-order valence-corrected chi connectivity index (χ3v) is 6.31. The fraction of sp³-hybridized carbons (Fsp3) is 0.0870. The Labute approximate surface area is 197 Å². The molecule has 4 aromatic rings. The Balaban J connectivity index is 1.44. The van der Waals surface area contributed by atoms with Gasteiger partial charge < -0.3 is 15.5 Å². The third kappa shape index (κ3) is 4.88. The Kier molecular flexibility index (Phi) is 6.69. The second kappa shape index (κ2) is 10.0. The van der Waals surface area contributed by atoms with E-state index in [1.165, 1.54) is 29.4 Å². The lowest BCUT2D eigenvalue weighted by Crippen LogP contribution is -2.12. The van der Waals surface area contributed by atoms with Crippen LogP contribution in [0.15, 0.2) is 63.6 Å². The number of furan rings is 1. The molecule has 0 radical (unpaired) electrons. The molecular weight excluding hydrogens is 456 g/mol. The van der Waals surface area contributed by atoms with Crippen molar-refractivity contribution in [1.29, 1.82) is 10.5 Å². The quantitative estimate of drug-likeness (QED) is 0.361. The van der Waals surface area contributed by atoms with Gasteiger partial charge in [-0.1, -0.05) is 30.3 Å². The number of carbonyl (C=O) groups is 1. The number of rotatable bonds is 7. The molecule has 0 unspecified atom stereocenters. The number of thioether (sulfide) groups is 1. The SMILES string of the molecule is N#Cc1c(N)nc(SCCC(=O)Nc2nc(-c3ccccc3)cs2)c(C#N)c1-c1ccco1. The summed E-state index contributed by atoms with van der Waals surface area (Å²) < 4.78 is 5.39. The van der Waals surface area contributed by atoms with Crippen molar-refractivity contribution in [2.75, 3.05) is 16.8 Å². The molecule has 0 atom stereocenters. The van der Waals surface area contributed by atoms with Crippen LogP contribution >= 0.6 is 23.1 Å². The number of carbonyl (C=O) groups excluding carboxylic acids is 1. The normalized spacial score (nSPS) is 10.4. The van der Waals surface area contributed by atoms with Crippen LogP contribution in [0.1, 0.15) is 17.5 Å². The Hall–Kier alpha value is -4.12. The van der Waals surface area contributed by atoms with Gasteiger partial charge in [0.05, 0.1) is 23.1 Å². The molecule has 8 nitrogen and oxygen atoms in total. The fourth-order valence-corrected chi connectivity index (χ4v) is 4.74. The molecule has 33 heavy (non-hydrogen) atoms. The van der Waals surface area contributed by atoms with E-state index in [-0.39, 0.29) is 29.3 Å². The van der Waals surface area contributed by atoms with Crippen LogP contribution in [0, 0.1) is 22.7 Å². The summed E-state index contributed by atoms with van der Waals surface area (Å²) in [5.74, 6) is 0.511. The largest absolute Gasteiger partial charge is 0.464 e. The van der Waals surface area contributed by atoms with Crippen molar-refractivity contribution in [2.24, 2.45) is 0 Å². The van der Waals surface area contributed by atoms with Gasteiger partial charge in [0, 0.05) is 23.1 Å². The van der Waals surface area contributed by atoms with Crippen molar-refractivity contribution >= 4 is 40.0 Å². The number of hydrogen-bond donors (Lipinski definition) is 2. The molecule has 0 aliphatic heterocycles. The number of nitrogens with one attached hydrogen (secondary N) is 1. The number of nitrogen functional groups attached to an aromatic ring is 1. The highest BCUT2D eigenvalue weighted by Crippen LogP contribution is 2.36. The molecule has 4 rings (SSSR count). The zero-order valence-corrected chi connectivity index (χ0v) is 18.7. The highest BCUT2D eigenvalue weighted by molar-refractivity contribution is 7.99. The molecule has 0 bridgehead atoms. The minimum atomic E-state index is -0.206. The van der Waals surface area contributed by atoms with Gasteiger partial charge in [0.25, 0.3) is 0 Å². The fourth-order valence-electron chi connectivity index (χ4n) is 3.06. The average Bonchev–Trinajstić information content (AvgIpc) is 3.52. The maximum absolute atomic E-state index is 12.4. The van der Waals surface area contributed by atoms with Crippen molar-refractivity contribution in [1.82, 2.24) is 9.97 Å². The Bertz CT molecular complexity index is 1370. The number of pyridine rings is 1. The van der Waals surface area contributed by atoms with Crippen LogP contribution in [0.2, 0.25) is 0 Å². The molecule has 0 saturated heterocycles. The summed E-state index contributed by atoms with van der Waals surface area (Å²) in [5, 5.41) is 24.8. The lowest BCUT2D eigenvalue weighted by Gasteiger charge is -2.11. The maximum atomic E-state index is 12.4. The van der Waals surface area contributed by atoms with E-state index >= 15 is 0 Å². The molecular formula is C23H16N6O2S2. The van der Waals surface area contributed by atoms with Crippen LogP contribution in [0.5, 0.6) is 0 Å². The first kappa shape index (κ1) is 22.1. The highest BCUT2D eigenvalue weighted by atomic mass is 32.2. The van der Waals surface area contributed by atoms with Gasteiger partial charge in [0.15, 0.2) is 5.13 Å². The molecule has 3 heterocycles. The van der Waals surface area contributed by atoms with Crippen LogP contribution in [-0.2, 0) is 4.79 Å². The molecule has 0 aliphatic rings.